The van der Waals surface area contributed by atoms with Gasteiger partial charge in [0.1, 0.15) is 0 Å². The van der Waals surface area contributed by atoms with E-state index < -0.39 is 5.97 Å². The third-order valence-corrected chi connectivity index (χ3v) is 6.19. The smallest absolute Gasteiger partial charge is 0.357 e. The van der Waals surface area contributed by atoms with Crippen molar-refractivity contribution >= 4 is 22.8 Å². The second kappa shape index (κ2) is 10.0. The molecule has 2 heterocycles. The largest absolute Gasteiger partial charge is 0.478 e. The molecule has 0 radical (unpaired) electrons. The molecule has 1 aliphatic heterocycles. The topological polar surface area (TPSA) is 83.0 Å². The summed E-state index contributed by atoms with van der Waals surface area (Å²) in [6.07, 6.45) is 0. The molecule has 1 aliphatic rings. The van der Waals surface area contributed by atoms with Crippen LogP contribution in [0.4, 0.5) is 0 Å². The Morgan fingerprint density at radius 2 is 1.46 bits per heavy atom. The zero-order chi connectivity index (χ0) is 24.2. The number of hydrogen-bond acceptors (Lipinski definition) is 6. The highest BCUT2D eigenvalue weighted by Gasteiger charge is 2.26. The van der Waals surface area contributed by atoms with Crippen LogP contribution in [-0.2, 0) is 11.4 Å². The van der Waals surface area contributed by atoms with Gasteiger partial charge in [0.15, 0.2) is 0 Å². The maximum absolute atomic E-state index is 12.5. The van der Waals surface area contributed by atoms with Crippen LogP contribution in [0.15, 0.2) is 84.9 Å². The molecule has 0 unspecified atom stereocenters. The summed E-state index contributed by atoms with van der Waals surface area (Å²) in [5, 5.41) is 12.5. The number of carbonyl (C=O) groups is 2. The molecule has 0 atom stereocenters. The van der Waals surface area contributed by atoms with E-state index in [0.29, 0.717) is 60.4 Å². The average Bonchev–Trinajstić information content (AvgIpc) is 2.90. The minimum atomic E-state index is -0.966. The number of pyridine rings is 1. The van der Waals surface area contributed by atoms with Gasteiger partial charge in [-0.3, -0.25) is 4.90 Å². The third-order valence-electron chi connectivity index (χ3n) is 6.19. The number of rotatable bonds is 6. The van der Waals surface area contributed by atoms with Crippen LogP contribution in [0, 0.1) is 0 Å². The van der Waals surface area contributed by atoms with Crippen LogP contribution in [0.25, 0.3) is 22.2 Å². The van der Waals surface area contributed by atoms with Gasteiger partial charge in [-0.05, 0) is 18.2 Å². The first-order valence-corrected chi connectivity index (χ1v) is 11.5. The number of benzene rings is 3. The van der Waals surface area contributed by atoms with Crippen LogP contribution in [0.5, 0.6) is 0 Å². The lowest BCUT2D eigenvalue weighted by molar-refractivity contribution is -0.130. The van der Waals surface area contributed by atoms with Crippen molar-refractivity contribution in [3.05, 3.63) is 102 Å². The van der Waals surface area contributed by atoms with E-state index in [1.807, 2.05) is 60.7 Å². The van der Waals surface area contributed by atoms with Gasteiger partial charge in [0.25, 0.3) is 0 Å². The molecule has 0 bridgehead atoms. The number of para-hydroxylation sites is 1. The Kier molecular flexibility index (Phi) is 6.52. The number of aromatic carboxylic acids is 1. The average molecular weight is 468 g/mol. The van der Waals surface area contributed by atoms with E-state index in [1.54, 1.807) is 29.3 Å². The van der Waals surface area contributed by atoms with Gasteiger partial charge in [-0.25, -0.2) is 14.6 Å². The monoisotopic (exact) mass is 467 g/mol. The van der Waals surface area contributed by atoms with Crippen molar-refractivity contribution in [2.75, 3.05) is 26.2 Å². The SMILES string of the molecule is O=C(ON1CCN(Cc2c(-c3ccccc3)nc3ccccc3c2C(=O)O)CC1)c1ccccc1. The predicted molar refractivity (Wildman–Crippen MR) is 133 cm³/mol. The Labute approximate surface area is 203 Å². The molecule has 0 spiro atoms. The van der Waals surface area contributed by atoms with Gasteiger partial charge in [0.2, 0.25) is 0 Å². The highest BCUT2D eigenvalue weighted by atomic mass is 16.7. The summed E-state index contributed by atoms with van der Waals surface area (Å²) < 4.78 is 0. The fraction of sp³-hybridized carbons (Fsp3) is 0.179. The second-order valence-corrected chi connectivity index (χ2v) is 8.45. The lowest BCUT2D eigenvalue weighted by Crippen LogP contribution is -2.46. The Morgan fingerprint density at radius 3 is 2.14 bits per heavy atom. The van der Waals surface area contributed by atoms with Gasteiger partial charge >= 0.3 is 11.9 Å². The molecule has 35 heavy (non-hydrogen) atoms. The van der Waals surface area contributed by atoms with Crippen molar-refractivity contribution in [3.63, 3.8) is 0 Å². The first-order chi connectivity index (χ1) is 17.1. The summed E-state index contributed by atoms with van der Waals surface area (Å²) in [4.78, 5) is 37.4. The van der Waals surface area contributed by atoms with Crippen LogP contribution < -0.4 is 0 Å². The molecule has 3 aromatic carbocycles. The Morgan fingerprint density at radius 1 is 0.829 bits per heavy atom. The number of fused-ring (bicyclic) bond motifs is 1. The van der Waals surface area contributed by atoms with Crippen molar-refractivity contribution in [3.8, 4) is 11.3 Å². The summed E-state index contributed by atoms with van der Waals surface area (Å²) in [5.74, 6) is -1.34. The molecular formula is C28H25N3O4. The van der Waals surface area contributed by atoms with Crippen LogP contribution in [0.2, 0.25) is 0 Å². The normalized spacial score (nSPS) is 14.6. The minimum Gasteiger partial charge on any atom is -0.478 e. The number of nitrogens with zero attached hydrogens (tertiary/aromatic N) is 3. The van der Waals surface area contributed by atoms with Crippen molar-refractivity contribution < 1.29 is 19.5 Å². The van der Waals surface area contributed by atoms with Crippen molar-refractivity contribution in [1.29, 1.82) is 0 Å². The van der Waals surface area contributed by atoms with E-state index in [4.69, 9.17) is 9.82 Å². The lowest BCUT2D eigenvalue weighted by Gasteiger charge is -2.34. The zero-order valence-corrected chi connectivity index (χ0v) is 19.1. The van der Waals surface area contributed by atoms with Crippen LogP contribution in [-0.4, -0.2) is 58.2 Å². The molecule has 7 nitrogen and oxygen atoms in total. The van der Waals surface area contributed by atoms with Gasteiger partial charge in [-0.2, -0.15) is 0 Å². The number of aromatic nitrogens is 1. The van der Waals surface area contributed by atoms with Gasteiger partial charge in [-0.1, -0.05) is 66.7 Å². The van der Waals surface area contributed by atoms with Gasteiger partial charge < -0.3 is 9.94 Å². The first-order valence-electron chi connectivity index (χ1n) is 11.5. The minimum absolute atomic E-state index is 0.285. The molecule has 0 saturated carbocycles. The maximum atomic E-state index is 12.5. The third kappa shape index (κ3) is 4.91. The molecule has 4 aromatic rings. The number of hydroxylamine groups is 2. The molecule has 7 heteroatoms. The van der Waals surface area contributed by atoms with Crippen LogP contribution >= 0.6 is 0 Å². The molecule has 5 rings (SSSR count). The zero-order valence-electron chi connectivity index (χ0n) is 19.1. The van der Waals surface area contributed by atoms with Gasteiger partial charge in [-0.15, -0.1) is 5.06 Å². The summed E-state index contributed by atoms with van der Waals surface area (Å²) >= 11 is 0. The fourth-order valence-electron chi connectivity index (χ4n) is 4.43. The van der Waals surface area contributed by atoms with Gasteiger partial charge in [0, 0.05) is 49.2 Å². The maximum Gasteiger partial charge on any atom is 0.357 e. The van der Waals surface area contributed by atoms with Crippen molar-refractivity contribution in [2.24, 2.45) is 0 Å². The van der Waals surface area contributed by atoms with E-state index in [-0.39, 0.29) is 11.5 Å². The van der Waals surface area contributed by atoms with Crippen molar-refractivity contribution in [2.45, 2.75) is 6.54 Å². The van der Waals surface area contributed by atoms with E-state index in [2.05, 4.69) is 4.90 Å². The number of carboxylic acids is 1. The predicted octanol–water partition coefficient (Wildman–Crippen LogP) is 4.49. The van der Waals surface area contributed by atoms with Crippen molar-refractivity contribution in [1.82, 2.24) is 14.9 Å². The fourth-order valence-corrected chi connectivity index (χ4v) is 4.43. The van der Waals surface area contributed by atoms with E-state index >= 15 is 0 Å². The standard InChI is InChI=1S/C28H25N3O4/c32-27(33)25-22-13-7-8-14-24(22)29-26(20-9-3-1-4-10-20)23(25)19-30-15-17-31(18-16-30)35-28(34)21-11-5-2-6-12-21/h1-14H,15-19H2,(H,32,33). The van der Waals surface area contributed by atoms with Crippen LogP contribution in [0.1, 0.15) is 26.3 Å². The molecule has 1 N–H and O–H groups in total. The van der Waals surface area contributed by atoms with E-state index in [0.717, 1.165) is 5.56 Å². The number of carbonyl (C=O) groups excluding carboxylic acids is 1. The first kappa shape index (κ1) is 22.7. The quantitative estimate of drug-likeness (QED) is 0.447. The van der Waals surface area contributed by atoms with E-state index in [1.165, 1.54) is 0 Å². The summed E-state index contributed by atoms with van der Waals surface area (Å²) in [6, 6.07) is 26.0. The number of hydrogen-bond donors (Lipinski definition) is 1. The Hall–Kier alpha value is -4.07. The van der Waals surface area contributed by atoms with Gasteiger partial charge in [0.05, 0.1) is 22.3 Å². The van der Waals surface area contributed by atoms with Crippen LogP contribution in [0.3, 0.4) is 0 Å². The van der Waals surface area contributed by atoms with E-state index in [9.17, 15) is 14.7 Å². The second-order valence-electron chi connectivity index (χ2n) is 8.45. The molecule has 0 amide bonds. The summed E-state index contributed by atoms with van der Waals surface area (Å²) in [7, 11) is 0. The highest BCUT2D eigenvalue weighted by Crippen LogP contribution is 2.31. The molecular weight excluding hydrogens is 442 g/mol. The molecule has 1 aromatic heterocycles. The number of carboxylic acid groups (broad SMARTS) is 1. The number of piperazine rings is 1. The summed E-state index contributed by atoms with van der Waals surface area (Å²) in [6.45, 7) is 2.75. The highest BCUT2D eigenvalue weighted by molar-refractivity contribution is 6.05. The molecule has 1 fully saturated rings. The molecule has 176 valence electrons. The Bertz CT molecular complexity index is 1350. The Balaban J connectivity index is 1.40. The summed E-state index contributed by atoms with van der Waals surface area (Å²) in [5.41, 5.74) is 3.70. The molecule has 1 saturated heterocycles. The molecule has 0 aliphatic carbocycles. The lowest BCUT2D eigenvalue weighted by atomic mass is 9.96.